The molecule has 0 rings (SSSR count). The quantitative estimate of drug-likeness (QED) is 0.431. The van der Waals surface area contributed by atoms with E-state index < -0.39 is 9.05 Å². The molecule has 10 heavy (non-hydrogen) atoms. The molecule has 0 aliphatic heterocycles. The first-order valence-corrected chi connectivity index (χ1v) is 4.08. The fourth-order valence-electron chi connectivity index (χ4n) is 0.500. The molecule has 0 fully saturated rings. The largest absolute Gasteiger partial charge is 1.00 e. The van der Waals surface area contributed by atoms with E-state index >= 15 is 0 Å². The van der Waals surface area contributed by atoms with E-state index in [9.17, 15) is 0 Å². The molecule has 0 amide bonds. The van der Waals surface area contributed by atoms with Crippen LogP contribution < -0.4 is 29.6 Å². The summed E-state index contributed by atoms with van der Waals surface area (Å²) in [6, 6.07) is 0. The first-order valence-electron chi connectivity index (χ1n) is 2.45. The summed E-state index contributed by atoms with van der Waals surface area (Å²) in [4.78, 5) is 0. The van der Waals surface area contributed by atoms with Crippen LogP contribution in [-0.4, -0.2) is 37.5 Å². The number of hydrogen-bond donors (Lipinski definition) is 0. The van der Waals surface area contributed by atoms with Crippen molar-refractivity contribution < 1.29 is 48.7 Å². The minimum absolute atomic E-state index is 0. The molecular formula is C4H13NaO4Si. The van der Waals surface area contributed by atoms with Gasteiger partial charge in [-0.3, -0.25) is 0 Å². The van der Waals surface area contributed by atoms with Gasteiger partial charge in [0.25, 0.3) is 0 Å². The third kappa shape index (κ3) is 3.45. The van der Waals surface area contributed by atoms with E-state index in [1.165, 1.54) is 28.4 Å². The van der Waals surface area contributed by atoms with Gasteiger partial charge < -0.3 is 19.1 Å². The Morgan fingerprint density at radius 1 is 0.800 bits per heavy atom. The van der Waals surface area contributed by atoms with Gasteiger partial charge in [-0.15, -0.1) is 0 Å². The van der Waals surface area contributed by atoms with Gasteiger partial charge in [0.15, 0.2) is 0 Å². The SMILES string of the molecule is CO[Si](OC)(OC)OC.[H-].[Na+]. The Hall–Kier alpha value is 1.06. The monoisotopic (exact) mass is 176 g/mol. The van der Waals surface area contributed by atoms with Crippen molar-refractivity contribution in [3.8, 4) is 0 Å². The van der Waals surface area contributed by atoms with Crippen LogP contribution in [0.15, 0.2) is 0 Å². The Kier molecular flexibility index (Phi) is 9.20. The summed E-state index contributed by atoms with van der Waals surface area (Å²) in [5.74, 6) is 0. The van der Waals surface area contributed by atoms with Crippen LogP contribution in [-0.2, 0) is 17.7 Å². The Bertz CT molecular complexity index is 65.0. The maximum absolute atomic E-state index is 4.86. The van der Waals surface area contributed by atoms with Crippen molar-refractivity contribution in [2.75, 3.05) is 28.4 Å². The molecule has 0 aliphatic carbocycles. The molecule has 0 bridgehead atoms. The van der Waals surface area contributed by atoms with Gasteiger partial charge in [-0.1, -0.05) is 0 Å². The van der Waals surface area contributed by atoms with E-state index in [2.05, 4.69) is 0 Å². The van der Waals surface area contributed by atoms with Crippen molar-refractivity contribution in [1.82, 2.24) is 0 Å². The average molecular weight is 176 g/mol. The van der Waals surface area contributed by atoms with Crippen molar-refractivity contribution in [2.45, 2.75) is 0 Å². The van der Waals surface area contributed by atoms with Gasteiger partial charge in [0.2, 0.25) is 0 Å². The zero-order valence-electron chi connectivity index (χ0n) is 8.13. The second-order valence-corrected chi connectivity index (χ2v) is 3.95. The van der Waals surface area contributed by atoms with Crippen molar-refractivity contribution in [1.29, 1.82) is 0 Å². The van der Waals surface area contributed by atoms with E-state index in [0.717, 1.165) is 0 Å². The molecule has 0 saturated carbocycles. The molecule has 6 heteroatoms. The molecule has 0 N–H and O–H groups in total. The smallest absolute Gasteiger partial charge is 1.00 e. The Balaban J connectivity index is -0.000000320. The average Bonchev–Trinajstić information content (AvgIpc) is 1.95. The van der Waals surface area contributed by atoms with Crippen molar-refractivity contribution in [3.05, 3.63) is 0 Å². The predicted octanol–water partition coefficient (Wildman–Crippen LogP) is -2.88. The molecular weight excluding hydrogens is 163 g/mol. The molecule has 4 nitrogen and oxygen atoms in total. The van der Waals surface area contributed by atoms with Gasteiger partial charge >= 0.3 is 38.6 Å². The third-order valence-electron chi connectivity index (χ3n) is 1.00. The van der Waals surface area contributed by atoms with Gasteiger partial charge in [-0.25, -0.2) is 0 Å². The molecule has 0 aromatic rings. The van der Waals surface area contributed by atoms with E-state index in [1.54, 1.807) is 0 Å². The fraction of sp³-hybridized carbons (Fsp3) is 1.00. The van der Waals surface area contributed by atoms with E-state index in [1.807, 2.05) is 0 Å². The van der Waals surface area contributed by atoms with Crippen molar-refractivity contribution >= 4 is 9.05 Å². The van der Waals surface area contributed by atoms with Gasteiger partial charge in [0.1, 0.15) is 0 Å². The molecule has 0 aliphatic rings. The summed E-state index contributed by atoms with van der Waals surface area (Å²) in [5.41, 5.74) is 0. The molecule has 58 valence electrons. The molecule has 0 radical (unpaired) electrons. The molecule has 0 aromatic heterocycles. The molecule has 0 spiro atoms. The van der Waals surface area contributed by atoms with Crippen LogP contribution in [0.5, 0.6) is 0 Å². The summed E-state index contributed by atoms with van der Waals surface area (Å²) >= 11 is 0. The first kappa shape index (κ1) is 13.6. The molecule has 0 heterocycles. The van der Waals surface area contributed by atoms with Crippen LogP contribution in [0.25, 0.3) is 0 Å². The number of rotatable bonds is 4. The molecule has 0 atom stereocenters. The van der Waals surface area contributed by atoms with Crippen LogP contribution in [0.3, 0.4) is 0 Å². The second-order valence-electron chi connectivity index (χ2n) is 1.32. The Morgan fingerprint density at radius 2 is 1.00 bits per heavy atom. The van der Waals surface area contributed by atoms with Crippen molar-refractivity contribution in [3.63, 3.8) is 0 Å². The van der Waals surface area contributed by atoms with Crippen molar-refractivity contribution in [2.24, 2.45) is 0 Å². The van der Waals surface area contributed by atoms with Crippen LogP contribution in [0, 0.1) is 0 Å². The standard InChI is InChI=1S/C4H12O4Si.Na.H/c1-5-9(6-2,7-3)8-4;;/h1-4H3;;/q;+1;-1. The Morgan fingerprint density at radius 3 is 1.00 bits per heavy atom. The summed E-state index contributed by atoms with van der Waals surface area (Å²) in [5, 5.41) is 0. The van der Waals surface area contributed by atoms with Crippen LogP contribution in [0.4, 0.5) is 0 Å². The van der Waals surface area contributed by atoms with E-state index in [-0.39, 0.29) is 31.0 Å². The van der Waals surface area contributed by atoms with Crippen LogP contribution >= 0.6 is 0 Å². The van der Waals surface area contributed by atoms with Gasteiger partial charge in [-0.2, -0.15) is 0 Å². The van der Waals surface area contributed by atoms with E-state index in [4.69, 9.17) is 17.7 Å². The summed E-state index contributed by atoms with van der Waals surface area (Å²) in [6.45, 7) is 0. The third-order valence-corrected chi connectivity index (χ3v) is 3.00. The fourth-order valence-corrected chi connectivity index (χ4v) is 1.50. The summed E-state index contributed by atoms with van der Waals surface area (Å²) in [7, 11) is 3.26. The van der Waals surface area contributed by atoms with E-state index in [0.29, 0.717) is 0 Å². The molecule has 0 unspecified atom stereocenters. The zero-order chi connectivity index (χ0) is 7.33. The number of hydrogen-bond acceptors (Lipinski definition) is 4. The Labute approximate surface area is 86.1 Å². The minimum Gasteiger partial charge on any atom is -1.00 e. The molecule has 0 saturated heterocycles. The van der Waals surface area contributed by atoms with Gasteiger partial charge in [0.05, 0.1) is 0 Å². The van der Waals surface area contributed by atoms with Gasteiger partial charge in [-0.05, 0) is 0 Å². The molecule has 0 aromatic carbocycles. The normalized spacial score (nSPS) is 10.8. The second kappa shape index (κ2) is 6.75. The van der Waals surface area contributed by atoms with Crippen LogP contribution in [0.1, 0.15) is 1.43 Å². The zero-order valence-corrected chi connectivity index (χ0v) is 10.1. The summed E-state index contributed by atoms with van der Waals surface area (Å²) < 4.78 is 19.4. The summed E-state index contributed by atoms with van der Waals surface area (Å²) in [6.07, 6.45) is 0. The topological polar surface area (TPSA) is 36.9 Å². The van der Waals surface area contributed by atoms with Gasteiger partial charge in [0, 0.05) is 28.4 Å². The minimum atomic E-state index is -2.69. The van der Waals surface area contributed by atoms with Crippen LogP contribution in [0.2, 0.25) is 0 Å². The first-order chi connectivity index (χ1) is 4.24. The maximum Gasteiger partial charge on any atom is 1.00 e. The predicted molar refractivity (Wildman–Crippen MR) is 34.9 cm³/mol. The maximum atomic E-state index is 4.86.